The zero-order valence-corrected chi connectivity index (χ0v) is 11.4. The number of hydrogen-bond donors (Lipinski definition) is 1. The van der Waals surface area contributed by atoms with E-state index in [1.165, 1.54) is 0 Å². The Labute approximate surface area is 109 Å². The van der Waals surface area contributed by atoms with E-state index < -0.39 is 0 Å². The molecule has 18 heavy (non-hydrogen) atoms. The van der Waals surface area contributed by atoms with Gasteiger partial charge >= 0.3 is 0 Å². The number of amides is 1. The number of rotatable bonds is 3. The van der Waals surface area contributed by atoms with Crippen LogP contribution in [0.3, 0.4) is 0 Å². The first-order valence-electron chi connectivity index (χ1n) is 6.13. The smallest absolute Gasteiger partial charge is 0.225 e. The van der Waals surface area contributed by atoms with Gasteiger partial charge in [0.2, 0.25) is 5.91 Å². The second-order valence-electron chi connectivity index (χ2n) is 5.58. The fourth-order valence-electron chi connectivity index (χ4n) is 1.77. The number of para-hydroxylation sites is 1. The van der Waals surface area contributed by atoms with E-state index in [0.29, 0.717) is 0 Å². The molecule has 1 aromatic rings. The average Bonchev–Trinajstić information content (AvgIpc) is 2.27. The number of anilines is 1. The molecule has 1 aromatic carbocycles. The third-order valence-electron chi connectivity index (χ3n) is 2.72. The molecule has 1 N–H and O–H groups in total. The molecule has 0 fully saturated rings. The minimum atomic E-state index is -0.258. The van der Waals surface area contributed by atoms with Gasteiger partial charge in [-0.25, -0.2) is 0 Å². The second kappa shape index (κ2) is 5.68. The Morgan fingerprint density at radius 3 is 2.56 bits per heavy atom. The van der Waals surface area contributed by atoms with Crippen LogP contribution in [0, 0.1) is 17.2 Å². The molecule has 96 valence electrons. The monoisotopic (exact) mass is 244 g/mol. The minimum absolute atomic E-state index is 0.0231. The Kier molecular flexibility index (Phi) is 4.49. The van der Waals surface area contributed by atoms with Crippen molar-refractivity contribution in [2.75, 3.05) is 5.32 Å². The molecule has 0 saturated carbocycles. The molecule has 0 bridgehead atoms. The van der Waals surface area contributed by atoms with Gasteiger partial charge in [0.15, 0.2) is 0 Å². The van der Waals surface area contributed by atoms with Crippen molar-refractivity contribution in [1.82, 2.24) is 0 Å². The van der Waals surface area contributed by atoms with Crippen molar-refractivity contribution in [2.45, 2.75) is 39.5 Å². The summed E-state index contributed by atoms with van der Waals surface area (Å²) in [5.74, 6) is -0.368. The summed E-state index contributed by atoms with van der Waals surface area (Å²) in [4.78, 5) is 11.8. The molecule has 0 heterocycles. The molecule has 0 aliphatic carbocycles. The molecule has 0 saturated heterocycles. The largest absolute Gasteiger partial charge is 0.326 e. The maximum absolute atomic E-state index is 11.8. The number of nitrogens with zero attached hydrogens (tertiary/aromatic N) is 1. The van der Waals surface area contributed by atoms with Crippen LogP contribution in [0.15, 0.2) is 24.3 Å². The summed E-state index contributed by atoms with van der Waals surface area (Å²) in [5, 5.41) is 11.6. The third-order valence-corrected chi connectivity index (χ3v) is 2.72. The highest BCUT2D eigenvalue weighted by atomic mass is 16.1. The topological polar surface area (TPSA) is 52.9 Å². The van der Waals surface area contributed by atoms with Crippen LogP contribution in [-0.4, -0.2) is 5.91 Å². The Bertz CT molecular complexity index is 466. The summed E-state index contributed by atoms with van der Waals surface area (Å²) in [6, 6.07) is 9.85. The molecule has 1 rings (SSSR count). The number of benzene rings is 1. The van der Waals surface area contributed by atoms with Crippen molar-refractivity contribution in [1.29, 1.82) is 5.26 Å². The van der Waals surface area contributed by atoms with E-state index >= 15 is 0 Å². The van der Waals surface area contributed by atoms with Gasteiger partial charge in [0.1, 0.15) is 0 Å². The van der Waals surface area contributed by atoms with Crippen LogP contribution in [0.25, 0.3) is 0 Å². The zero-order valence-electron chi connectivity index (χ0n) is 11.4. The van der Waals surface area contributed by atoms with Gasteiger partial charge in [-0.3, -0.25) is 4.79 Å². The molecule has 0 aliphatic heterocycles. The van der Waals surface area contributed by atoms with E-state index in [0.717, 1.165) is 11.3 Å². The maximum Gasteiger partial charge on any atom is 0.225 e. The van der Waals surface area contributed by atoms with Crippen LogP contribution in [0.5, 0.6) is 0 Å². The Morgan fingerprint density at radius 1 is 1.39 bits per heavy atom. The normalized spacial score (nSPS) is 12.6. The molecule has 0 spiro atoms. The fourth-order valence-corrected chi connectivity index (χ4v) is 1.77. The van der Waals surface area contributed by atoms with E-state index in [1.807, 2.05) is 24.3 Å². The lowest BCUT2D eigenvalue weighted by molar-refractivity contribution is -0.116. The molecule has 0 aromatic heterocycles. The van der Waals surface area contributed by atoms with E-state index in [2.05, 4.69) is 32.2 Å². The summed E-state index contributed by atoms with van der Waals surface area (Å²) in [5.41, 5.74) is 1.91. The van der Waals surface area contributed by atoms with Crippen LogP contribution in [0.1, 0.15) is 39.7 Å². The number of carbonyl (C=O) groups is 1. The van der Waals surface area contributed by atoms with Crippen molar-refractivity contribution < 1.29 is 4.79 Å². The van der Waals surface area contributed by atoms with Gasteiger partial charge in [-0.2, -0.15) is 5.26 Å². The van der Waals surface area contributed by atoms with Crippen molar-refractivity contribution >= 4 is 11.6 Å². The first kappa shape index (κ1) is 14.2. The first-order valence-corrected chi connectivity index (χ1v) is 6.13. The Balaban J connectivity index is 2.86. The van der Waals surface area contributed by atoms with Gasteiger partial charge < -0.3 is 5.32 Å². The average molecular weight is 244 g/mol. The van der Waals surface area contributed by atoms with Crippen LogP contribution >= 0.6 is 0 Å². The quantitative estimate of drug-likeness (QED) is 0.885. The fraction of sp³-hybridized carbons (Fsp3) is 0.467. The van der Waals surface area contributed by atoms with Crippen LogP contribution in [-0.2, 0) is 10.2 Å². The number of hydrogen-bond acceptors (Lipinski definition) is 2. The molecular formula is C15H20N2O. The molecule has 0 radical (unpaired) electrons. The molecule has 1 unspecified atom stereocenters. The lowest BCUT2D eigenvalue weighted by Gasteiger charge is -2.23. The number of nitrogens with one attached hydrogen (secondary N) is 1. The van der Waals surface area contributed by atoms with Crippen molar-refractivity contribution in [2.24, 2.45) is 5.92 Å². The zero-order chi connectivity index (χ0) is 13.8. The highest BCUT2D eigenvalue weighted by Crippen LogP contribution is 2.29. The summed E-state index contributed by atoms with van der Waals surface area (Å²) < 4.78 is 0. The molecule has 1 amide bonds. The Hall–Kier alpha value is -1.82. The predicted octanol–water partition coefficient (Wildman–Crippen LogP) is 3.47. The lowest BCUT2D eigenvalue weighted by Crippen LogP contribution is -2.19. The van der Waals surface area contributed by atoms with Gasteiger partial charge in [0, 0.05) is 12.1 Å². The molecule has 1 atom stereocenters. The van der Waals surface area contributed by atoms with E-state index in [-0.39, 0.29) is 23.7 Å². The highest BCUT2D eigenvalue weighted by Gasteiger charge is 2.18. The van der Waals surface area contributed by atoms with Gasteiger partial charge in [-0.05, 0) is 24.0 Å². The van der Waals surface area contributed by atoms with E-state index in [1.54, 1.807) is 6.92 Å². The number of nitriles is 1. The third kappa shape index (κ3) is 3.89. The molecule has 3 nitrogen and oxygen atoms in total. The van der Waals surface area contributed by atoms with Crippen LogP contribution < -0.4 is 5.32 Å². The first-order chi connectivity index (χ1) is 8.34. The second-order valence-corrected chi connectivity index (χ2v) is 5.58. The van der Waals surface area contributed by atoms with Crippen LogP contribution in [0.4, 0.5) is 5.69 Å². The summed E-state index contributed by atoms with van der Waals surface area (Å²) >= 11 is 0. The van der Waals surface area contributed by atoms with Crippen LogP contribution in [0.2, 0.25) is 0 Å². The molecule has 3 heteroatoms. The Morgan fingerprint density at radius 2 is 2.00 bits per heavy atom. The van der Waals surface area contributed by atoms with Crippen molar-refractivity contribution in [3.05, 3.63) is 29.8 Å². The van der Waals surface area contributed by atoms with Gasteiger partial charge in [-0.1, -0.05) is 39.0 Å². The highest BCUT2D eigenvalue weighted by molar-refractivity contribution is 5.92. The molecular weight excluding hydrogens is 224 g/mol. The summed E-state index contributed by atoms with van der Waals surface area (Å²) in [6.45, 7) is 8.07. The van der Waals surface area contributed by atoms with Crippen molar-refractivity contribution in [3.8, 4) is 6.07 Å². The lowest BCUT2D eigenvalue weighted by atomic mass is 9.86. The predicted molar refractivity (Wildman–Crippen MR) is 73.2 cm³/mol. The van der Waals surface area contributed by atoms with Gasteiger partial charge in [0.05, 0.1) is 12.0 Å². The summed E-state index contributed by atoms with van der Waals surface area (Å²) in [6.07, 6.45) is 0.231. The van der Waals surface area contributed by atoms with E-state index in [4.69, 9.17) is 5.26 Å². The standard InChI is InChI=1S/C15H20N2O/c1-11(10-16)9-14(18)17-13-8-6-5-7-12(13)15(2,3)4/h5-8,11H,9H2,1-4H3,(H,17,18). The van der Waals surface area contributed by atoms with Gasteiger partial charge in [0.25, 0.3) is 0 Å². The van der Waals surface area contributed by atoms with Crippen molar-refractivity contribution in [3.63, 3.8) is 0 Å². The SMILES string of the molecule is CC(C#N)CC(=O)Nc1ccccc1C(C)(C)C. The maximum atomic E-state index is 11.8. The molecule has 0 aliphatic rings. The minimum Gasteiger partial charge on any atom is -0.326 e. The van der Waals surface area contributed by atoms with E-state index in [9.17, 15) is 4.79 Å². The number of carbonyl (C=O) groups excluding carboxylic acids is 1. The van der Waals surface area contributed by atoms with Gasteiger partial charge in [-0.15, -0.1) is 0 Å². The summed E-state index contributed by atoms with van der Waals surface area (Å²) in [7, 11) is 0.